The van der Waals surface area contributed by atoms with Crippen molar-refractivity contribution in [1.29, 1.82) is 0 Å². The summed E-state index contributed by atoms with van der Waals surface area (Å²) in [4.78, 5) is 39.9. The average molecular weight is 360 g/mol. The summed E-state index contributed by atoms with van der Waals surface area (Å²) < 4.78 is 5.21. The number of carbonyl (C=O) groups is 3. The summed E-state index contributed by atoms with van der Waals surface area (Å²) in [6.45, 7) is 3.83. The van der Waals surface area contributed by atoms with E-state index in [0.29, 0.717) is 31.2 Å². The van der Waals surface area contributed by atoms with E-state index < -0.39 is 11.1 Å². The molecule has 2 aliphatic heterocycles. The van der Waals surface area contributed by atoms with E-state index in [0.717, 1.165) is 28.6 Å². The van der Waals surface area contributed by atoms with Gasteiger partial charge in [-0.1, -0.05) is 31.2 Å². The van der Waals surface area contributed by atoms with E-state index in [1.165, 1.54) is 5.56 Å². The molecule has 2 fully saturated rings. The highest BCUT2D eigenvalue weighted by Crippen LogP contribution is 2.32. The second-order valence-corrected chi connectivity index (χ2v) is 6.85. The summed E-state index contributed by atoms with van der Waals surface area (Å²) in [5, 5.41) is -0.400. The van der Waals surface area contributed by atoms with Gasteiger partial charge in [0, 0.05) is 13.1 Å². The molecule has 0 bridgehead atoms. The van der Waals surface area contributed by atoms with Crippen LogP contribution in [0.4, 0.5) is 4.79 Å². The van der Waals surface area contributed by atoms with Crippen LogP contribution < -0.4 is 0 Å². The van der Waals surface area contributed by atoms with Gasteiger partial charge in [0.1, 0.15) is 6.54 Å². The van der Waals surface area contributed by atoms with Crippen LogP contribution in [-0.2, 0) is 20.7 Å². The molecule has 0 atom stereocenters. The molecule has 2 saturated heterocycles. The molecular formula is C18H20N2O4S. The Balaban J connectivity index is 1.68. The number of rotatable bonds is 4. The maximum atomic E-state index is 12.5. The summed E-state index contributed by atoms with van der Waals surface area (Å²) in [6.07, 6.45) is 2.64. The van der Waals surface area contributed by atoms with Crippen molar-refractivity contribution in [3.8, 4) is 0 Å². The molecule has 0 radical (unpaired) electrons. The molecule has 2 heterocycles. The van der Waals surface area contributed by atoms with Crippen molar-refractivity contribution in [3.05, 3.63) is 40.3 Å². The van der Waals surface area contributed by atoms with Gasteiger partial charge in [0.2, 0.25) is 5.91 Å². The van der Waals surface area contributed by atoms with Crippen LogP contribution in [0.1, 0.15) is 18.1 Å². The minimum Gasteiger partial charge on any atom is -0.378 e. The van der Waals surface area contributed by atoms with Crippen LogP contribution in [0.3, 0.4) is 0 Å². The number of aryl methyl sites for hydroxylation is 1. The van der Waals surface area contributed by atoms with Gasteiger partial charge in [-0.2, -0.15) is 0 Å². The van der Waals surface area contributed by atoms with Gasteiger partial charge in [-0.3, -0.25) is 19.3 Å². The lowest BCUT2D eigenvalue weighted by Gasteiger charge is -2.28. The quantitative estimate of drug-likeness (QED) is 0.770. The third kappa shape index (κ3) is 4.11. The third-order valence-electron chi connectivity index (χ3n) is 4.22. The van der Waals surface area contributed by atoms with Crippen LogP contribution in [0.5, 0.6) is 0 Å². The maximum Gasteiger partial charge on any atom is 0.294 e. The first-order chi connectivity index (χ1) is 12.1. The molecule has 0 N–H and O–H groups in total. The maximum absolute atomic E-state index is 12.5. The standard InChI is InChI=1S/C18H20N2O4S/c1-2-13-3-5-14(6-4-13)11-15-17(22)20(18(23)25-15)12-16(21)19-7-9-24-10-8-19/h3-6,11H,2,7-10,12H2,1H3. The Morgan fingerprint density at radius 1 is 1.20 bits per heavy atom. The number of thioether (sulfide) groups is 1. The number of morpholine rings is 1. The van der Waals surface area contributed by atoms with Crippen molar-refractivity contribution in [3.63, 3.8) is 0 Å². The minimum absolute atomic E-state index is 0.212. The van der Waals surface area contributed by atoms with Crippen molar-refractivity contribution in [2.75, 3.05) is 32.8 Å². The Labute approximate surface area is 150 Å². The number of nitrogens with zero attached hydrogens (tertiary/aromatic N) is 2. The van der Waals surface area contributed by atoms with Gasteiger partial charge in [0.15, 0.2) is 0 Å². The molecule has 1 aromatic rings. The van der Waals surface area contributed by atoms with E-state index in [-0.39, 0.29) is 12.5 Å². The van der Waals surface area contributed by atoms with Gasteiger partial charge < -0.3 is 9.64 Å². The number of hydrogen-bond donors (Lipinski definition) is 0. The van der Waals surface area contributed by atoms with E-state index >= 15 is 0 Å². The highest BCUT2D eigenvalue weighted by Gasteiger charge is 2.37. The van der Waals surface area contributed by atoms with Crippen LogP contribution in [0.15, 0.2) is 29.2 Å². The second kappa shape index (κ2) is 7.84. The molecule has 3 rings (SSSR count). The molecule has 0 aliphatic carbocycles. The van der Waals surface area contributed by atoms with E-state index in [4.69, 9.17) is 4.74 Å². The Morgan fingerprint density at radius 2 is 1.88 bits per heavy atom. The van der Waals surface area contributed by atoms with E-state index in [1.807, 2.05) is 24.3 Å². The summed E-state index contributed by atoms with van der Waals surface area (Å²) in [6, 6.07) is 7.84. The zero-order chi connectivity index (χ0) is 17.8. The molecule has 6 nitrogen and oxygen atoms in total. The number of carbonyl (C=O) groups excluding carboxylic acids is 3. The Kier molecular flexibility index (Phi) is 5.55. The second-order valence-electron chi connectivity index (χ2n) is 5.86. The highest BCUT2D eigenvalue weighted by atomic mass is 32.2. The normalized spacial score (nSPS) is 19.8. The molecule has 0 aromatic heterocycles. The molecule has 3 amide bonds. The lowest BCUT2D eigenvalue weighted by atomic mass is 10.1. The minimum atomic E-state index is -0.406. The number of ether oxygens (including phenoxy) is 1. The zero-order valence-electron chi connectivity index (χ0n) is 14.1. The average Bonchev–Trinajstić information content (AvgIpc) is 2.90. The summed E-state index contributed by atoms with van der Waals surface area (Å²) in [5.74, 6) is -0.629. The predicted octanol–water partition coefficient (Wildman–Crippen LogP) is 2.14. The van der Waals surface area contributed by atoms with Gasteiger partial charge in [0.05, 0.1) is 18.1 Å². The predicted molar refractivity (Wildman–Crippen MR) is 95.9 cm³/mol. The monoisotopic (exact) mass is 360 g/mol. The Bertz CT molecular complexity index is 708. The van der Waals surface area contributed by atoms with Gasteiger partial charge in [-0.15, -0.1) is 0 Å². The van der Waals surface area contributed by atoms with Gasteiger partial charge in [0.25, 0.3) is 11.1 Å². The molecule has 2 aliphatic rings. The van der Waals surface area contributed by atoms with E-state index in [1.54, 1.807) is 11.0 Å². The first-order valence-corrected chi connectivity index (χ1v) is 9.10. The van der Waals surface area contributed by atoms with Crippen molar-refractivity contribution in [2.24, 2.45) is 0 Å². The fourth-order valence-corrected chi connectivity index (χ4v) is 3.52. The van der Waals surface area contributed by atoms with Crippen molar-refractivity contribution in [2.45, 2.75) is 13.3 Å². The molecule has 132 valence electrons. The van der Waals surface area contributed by atoms with E-state index in [2.05, 4.69) is 6.92 Å². The number of imide groups is 1. The number of hydrogen-bond acceptors (Lipinski definition) is 5. The summed E-state index contributed by atoms with van der Waals surface area (Å²) >= 11 is 0.878. The SMILES string of the molecule is CCc1ccc(C=C2SC(=O)N(CC(=O)N3CCOCC3)C2=O)cc1. The fourth-order valence-electron chi connectivity index (χ4n) is 2.69. The van der Waals surface area contributed by atoms with Crippen LogP contribution >= 0.6 is 11.8 Å². The van der Waals surface area contributed by atoms with Crippen LogP contribution in [0.25, 0.3) is 6.08 Å². The zero-order valence-corrected chi connectivity index (χ0v) is 14.9. The lowest BCUT2D eigenvalue weighted by Crippen LogP contribution is -2.46. The number of amides is 3. The van der Waals surface area contributed by atoms with Crippen molar-refractivity contribution >= 4 is 34.9 Å². The molecule has 7 heteroatoms. The van der Waals surface area contributed by atoms with E-state index in [9.17, 15) is 14.4 Å². The number of benzene rings is 1. The van der Waals surface area contributed by atoms with Gasteiger partial charge in [-0.25, -0.2) is 0 Å². The Hall–Kier alpha value is -2.12. The molecule has 0 saturated carbocycles. The van der Waals surface area contributed by atoms with Crippen LogP contribution in [0.2, 0.25) is 0 Å². The van der Waals surface area contributed by atoms with Gasteiger partial charge >= 0.3 is 0 Å². The lowest BCUT2D eigenvalue weighted by molar-refractivity contribution is -0.139. The smallest absolute Gasteiger partial charge is 0.294 e. The molecule has 25 heavy (non-hydrogen) atoms. The van der Waals surface area contributed by atoms with Crippen molar-refractivity contribution in [1.82, 2.24) is 9.80 Å². The molecule has 1 aromatic carbocycles. The van der Waals surface area contributed by atoms with Gasteiger partial charge in [-0.05, 0) is 35.4 Å². The van der Waals surface area contributed by atoms with Crippen molar-refractivity contribution < 1.29 is 19.1 Å². The summed E-state index contributed by atoms with van der Waals surface area (Å²) in [5.41, 5.74) is 2.07. The van der Waals surface area contributed by atoms with Crippen LogP contribution in [0, 0.1) is 0 Å². The topological polar surface area (TPSA) is 66.9 Å². The molecule has 0 spiro atoms. The first kappa shape index (κ1) is 17.7. The molecular weight excluding hydrogens is 340 g/mol. The fraction of sp³-hybridized carbons (Fsp3) is 0.389. The first-order valence-electron chi connectivity index (χ1n) is 8.28. The Morgan fingerprint density at radius 3 is 2.52 bits per heavy atom. The van der Waals surface area contributed by atoms with Crippen LogP contribution in [-0.4, -0.2) is 59.7 Å². The highest BCUT2D eigenvalue weighted by molar-refractivity contribution is 8.18. The molecule has 0 unspecified atom stereocenters. The largest absolute Gasteiger partial charge is 0.378 e. The summed E-state index contributed by atoms with van der Waals surface area (Å²) in [7, 11) is 0. The third-order valence-corrected chi connectivity index (χ3v) is 5.12.